The van der Waals surface area contributed by atoms with Crippen LogP contribution in [0.4, 0.5) is 5.82 Å². The molecule has 9 heteroatoms. The van der Waals surface area contributed by atoms with Gasteiger partial charge in [0.15, 0.2) is 22.8 Å². The van der Waals surface area contributed by atoms with Crippen molar-refractivity contribution < 1.29 is 4.74 Å². The molecule has 2 aliphatic rings. The minimum Gasteiger partial charge on any atom is -0.378 e. The van der Waals surface area contributed by atoms with Gasteiger partial charge in [0.25, 0.3) is 0 Å². The Hall–Kier alpha value is -3.01. The van der Waals surface area contributed by atoms with Gasteiger partial charge in [-0.1, -0.05) is 18.2 Å². The minimum atomic E-state index is 0.319. The molecule has 0 unspecified atom stereocenters. The van der Waals surface area contributed by atoms with Gasteiger partial charge in [0, 0.05) is 61.9 Å². The predicted molar refractivity (Wildman–Crippen MR) is 129 cm³/mol. The maximum absolute atomic E-state index is 6.10. The number of fused-ring (bicyclic) bond motifs is 2. The molecule has 2 fully saturated rings. The number of H-pyrrole nitrogens is 1. The topological polar surface area (TPSA) is 101 Å². The summed E-state index contributed by atoms with van der Waals surface area (Å²) >= 11 is 0. The summed E-state index contributed by atoms with van der Waals surface area (Å²) in [5, 5.41) is 1.12. The number of nitrogens with two attached hydrogens (primary N) is 1. The van der Waals surface area contributed by atoms with Gasteiger partial charge in [0.2, 0.25) is 0 Å². The fourth-order valence-electron chi connectivity index (χ4n) is 4.92. The average molecular weight is 447 g/mol. The third-order valence-electron chi connectivity index (χ3n) is 6.93. The Morgan fingerprint density at radius 2 is 1.85 bits per heavy atom. The number of aromatic amines is 1. The van der Waals surface area contributed by atoms with Crippen LogP contribution < -0.4 is 10.6 Å². The summed E-state index contributed by atoms with van der Waals surface area (Å²) in [6.07, 6.45) is 4.07. The van der Waals surface area contributed by atoms with E-state index in [1.807, 2.05) is 18.3 Å². The molecule has 3 N–H and O–H groups in total. The van der Waals surface area contributed by atoms with Gasteiger partial charge in [-0.2, -0.15) is 0 Å². The first kappa shape index (κ1) is 20.6. The standard InChI is InChI=1S/C24H30N8O/c1-30-20(15-31-8-6-16(25)7-9-31)27-21-23(30)28-22(29-24(21)32-10-12-33-13-11-32)18-14-26-19-5-3-2-4-17(18)19/h2-5,14,16,26H,6-13,15,25H2,1H3. The van der Waals surface area contributed by atoms with E-state index in [2.05, 4.69) is 38.5 Å². The fourth-order valence-corrected chi connectivity index (χ4v) is 4.92. The number of aromatic nitrogens is 5. The Kier molecular flexibility index (Phi) is 5.24. The first-order chi connectivity index (χ1) is 16.2. The Bertz CT molecular complexity index is 1280. The van der Waals surface area contributed by atoms with E-state index in [0.717, 1.165) is 90.7 Å². The lowest BCUT2D eigenvalue weighted by atomic mass is 10.1. The van der Waals surface area contributed by atoms with E-state index >= 15 is 0 Å². The van der Waals surface area contributed by atoms with Crippen molar-refractivity contribution in [1.29, 1.82) is 0 Å². The summed E-state index contributed by atoms with van der Waals surface area (Å²) in [5.41, 5.74) is 9.93. The number of hydrogen-bond donors (Lipinski definition) is 2. The quantitative estimate of drug-likeness (QED) is 0.496. The van der Waals surface area contributed by atoms with Crippen molar-refractivity contribution in [3.63, 3.8) is 0 Å². The molecular formula is C24H30N8O. The zero-order valence-electron chi connectivity index (χ0n) is 19.0. The molecule has 0 bridgehead atoms. The number of para-hydroxylation sites is 1. The van der Waals surface area contributed by atoms with Gasteiger partial charge in [-0.15, -0.1) is 0 Å². The molecule has 0 spiro atoms. The van der Waals surface area contributed by atoms with Gasteiger partial charge in [-0.3, -0.25) is 4.90 Å². The largest absolute Gasteiger partial charge is 0.378 e. The third-order valence-corrected chi connectivity index (χ3v) is 6.93. The van der Waals surface area contributed by atoms with E-state index in [1.54, 1.807) is 0 Å². The summed E-state index contributed by atoms with van der Waals surface area (Å²) in [6.45, 7) is 5.80. The van der Waals surface area contributed by atoms with Crippen LogP contribution in [-0.2, 0) is 18.3 Å². The zero-order valence-corrected chi connectivity index (χ0v) is 19.0. The van der Waals surface area contributed by atoms with Gasteiger partial charge >= 0.3 is 0 Å². The lowest BCUT2D eigenvalue weighted by Gasteiger charge is -2.29. The van der Waals surface area contributed by atoms with Gasteiger partial charge in [0.1, 0.15) is 5.82 Å². The first-order valence-corrected chi connectivity index (χ1v) is 11.8. The molecule has 0 saturated carbocycles. The second-order valence-electron chi connectivity index (χ2n) is 9.09. The number of piperidine rings is 1. The van der Waals surface area contributed by atoms with Gasteiger partial charge in [0.05, 0.1) is 19.8 Å². The molecule has 0 atom stereocenters. The summed E-state index contributed by atoms with van der Waals surface area (Å²) < 4.78 is 7.73. The van der Waals surface area contributed by atoms with E-state index < -0.39 is 0 Å². The normalized spacial score (nSPS) is 18.5. The highest BCUT2D eigenvalue weighted by Crippen LogP contribution is 2.32. The number of nitrogens with zero attached hydrogens (tertiary/aromatic N) is 6. The van der Waals surface area contributed by atoms with Crippen molar-refractivity contribution in [3.05, 3.63) is 36.3 Å². The molecule has 6 rings (SSSR count). The van der Waals surface area contributed by atoms with Crippen molar-refractivity contribution in [2.24, 2.45) is 12.8 Å². The first-order valence-electron chi connectivity index (χ1n) is 11.8. The minimum absolute atomic E-state index is 0.319. The number of aryl methyl sites for hydroxylation is 1. The molecule has 0 radical (unpaired) electrons. The molecule has 0 amide bonds. The van der Waals surface area contributed by atoms with Crippen LogP contribution >= 0.6 is 0 Å². The van der Waals surface area contributed by atoms with E-state index in [9.17, 15) is 0 Å². The Morgan fingerprint density at radius 1 is 1.06 bits per heavy atom. The van der Waals surface area contributed by atoms with Crippen LogP contribution in [0.1, 0.15) is 18.7 Å². The van der Waals surface area contributed by atoms with Crippen molar-refractivity contribution in [2.75, 3.05) is 44.3 Å². The smallest absolute Gasteiger partial charge is 0.166 e. The Balaban J connectivity index is 1.46. The second-order valence-corrected chi connectivity index (χ2v) is 9.09. The molecule has 33 heavy (non-hydrogen) atoms. The van der Waals surface area contributed by atoms with E-state index in [1.165, 1.54) is 0 Å². The molecule has 0 aliphatic carbocycles. The summed E-state index contributed by atoms with van der Waals surface area (Å²) in [4.78, 5) is 23.2. The molecule has 5 heterocycles. The fraction of sp³-hybridized carbons (Fsp3) is 0.458. The summed E-state index contributed by atoms with van der Waals surface area (Å²) in [7, 11) is 2.06. The van der Waals surface area contributed by atoms with Crippen molar-refractivity contribution in [1.82, 2.24) is 29.4 Å². The van der Waals surface area contributed by atoms with Crippen LogP contribution in [0.3, 0.4) is 0 Å². The summed E-state index contributed by atoms with van der Waals surface area (Å²) in [6, 6.07) is 8.59. The Morgan fingerprint density at radius 3 is 2.67 bits per heavy atom. The Labute approximate surface area is 192 Å². The number of hydrogen-bond acceptors (Lipinski definition) is 7. The molecule has 3 aromatic heterocycles. The van der Waals surface area contributed by atoms with Gasteiger partial charge < -0.3 is 24.9 Å². The van der Waals surface area contributed by atoms with Crippen LogP contribution in [0.5, 0.6) is 0 Å². The SMILES string of the molecule is Cn1c(CN2CCC(N)CC2)nc2c(N3CCOCC3)nc(-c3c[nH]c4ccccc34)nc21. The molecular weight excluding hydrogens is 416 g/mol. The molecule has 2 saturated heterocycles. The van der Waals surface area contributed by atoms with Crippen LogP contribution in [0.15, 0.2) is 30.5 Å². The third kappa shape index (κ3) is 3.76. The van der Waals surface area contributed by atoms with Crippen LogP contribution in [0.25, 0.3) is 33.5 Å². The van der Waals surface area contributed by atoms with E-state index in [4.69, 9.17) is 25.4 Å². The van der Waals surface area contributed by atoms with Crippen LogP contribution in [-0.4, -0.2) is 74.8 Å². The lowest BCUT2D eigenvalue weighted by molar-refractivity contribution is 0.122. The molecule has 4 aromatic rings. The monoisotopic (exact) mass is 446 g/mol. The number of morpholine rings is 1. The maximum atomic E-state index is 6.10. The number of rotatable bonds is 4. The van der Waals surface area contributed by atoms with Crippen LogP contribution in [0.2, 0.25) is 0 Å². The van der Waals surface area contributed by atoms with E-state index in [0.29, 0.717) is 19.3 Å². The van der Waals surface area contributed by atoms with Crippen molar-refractivity contribution in [3.8, 4) is 11.4 Å². The number of imidazole rings is 1. The zero-order chi connectivity index (χ0) is 22.4. The highest BCUT2D eigenvalue weighted by atomic mass is 16.5. The maximum Gasteiger partial charge on any atom is 0.166 e. The van der Waals surface area contributed by atoms with Crippen molar-refractivity contribution >= 4 is 27.9 Å². The number of anilines is 1. The second kappa shape index (κ2) is 8.40. The molecule has 2 aliphatic heterocycles. The molecule has 172 valence electrons. The average Bonchev–Trinajstić information content (AvgIpc) is 3.42. The van der Waals surface area contributed by atoms with Crippen molar-refractivity contribution in [2.45, 2.75) is 25.4 Å². The van der Waals surface area contributed by atoms with Gasteiger partial charge in [-0.05, 0) is 18.9 Å². The number of ether oxygens (including phenoxy) is 1. The predicted octanol–water partition coefficient (Wildman–Crippen LogP) is 2.27. The lowest BCUT2D eigenvalue weighted by Crippen LogP contribution is -2.39. The molecule has 1 aromatic carbocycles. The summed E-state index contributed by atoms with van der Waals surface area (Å²) in [5.74, 6) is 2.63. The molecule has 9 nitrogen and oxygen atoms in total. The van der Waals surface area contributed by atoms with E-state index in [-0.39, 0.29) is 0 Å². The number of nitrogens with one attached hydrogen (secondary N) is 1. The van der Waals surface area contributed by atoms with Gasteiger partial charge in [-0.25, -0.2) is 15.0 Å². The number of benzene rings is 1. The van der Waals surface area contributed by atoms with Crippen LogP contribution in [0, 0.1) is 0 Å². The number of likely N-dealkylation sites (tertiary alicyclic amines) is 1. The highest BCUT2D eigenvalue weighted by molar-refractivity contribution is 5.95. The highest BCUT2D eigenvalue weighted by Gasteiger charge is 2.25.